The van der Waals surface area contributed by atoms with Crippen molar-refractivity contribution in [2.24, 2.45) is 0 Å². The normalized spacial score (nSPS) is 21.3. The van der Waals surface area contributed by atoms with Crippen LogP contribution in [-0.2, 0) is 4.74 Å². The lowest BCUT2D eigenvalue weighted by Crippen LogP contribution is -2.41. The van der Waals surface area contributed by atoms with E-state index in [0.717, 1.165) is 40.3 Å². The van der Waals surface area contributed by atoms with Gasteiger partial charge in [0.15, 0.2) is 0 Å². The molecule has 1 amide bonds. The number of carbonyl (C=O) groups is 1. The fourth-order valence-corrected chi connectivity index (χ4v) is 4.44. The maximum Gasteiger partial charge on any atom is 0.407 e. The molecule has 0 saturated heterocycles. The van der Waals surface area contributed by atoms with E-state index < -0.39 is 5.60 Å². The van der Waals surface area contributed by atoms with Crippen LogP contribution >= 0.6 is 34.2 Å². The summed E-state index contributed by atoms with van der Waals surface area (Å²) >= 11 is 8.49. The van der Waals surface area contributed by atoms with Crippen molar-refractivity contribution in [1.82, 2.24) is 19.9 Å². The first-order valence-electron chi connectivity index (χ1n) is 8.40. The van der Waals surface area contributed by atoms with E-state index in [1.54, 1.807) is 0 Å². The number of carbonyl (C=O) groups excluding carboxylic acids is 1. The van der Waals surface area contributed by atoms with Crippen LogP contribution in [0.25, 0.3) is 11.0 Å². The van der Waals surface area contributed by atoms with Gasteiger partial charge in [-0.2, -0.15) is 0 Å². The molecule has 0 unspecified atom stereocenters. The number of hydrogen-bond donors (Lipinski definition) is 1. The Bertz CT molecular complexity index is 779. The maximum absolute atomic E-state index is 11.9. The minimum Gasteiger partial charge on any atom is -0.444 e. The highest BCUT2D eigenvalue weighted by molar-refractivity contribution is 14.1. The second kappa shape index (κ2) is 7.26. The number of rotatable bonds is 2. The Kier molecular flexibility index (Phi) is 5.43. The van der Waals surface area contributed by atoms with Crippen molar-refractivity contribution >= 4 is 51.3 Å². The molecule has 3 rings (SSSR count). The van der Waals surface area contributed by atoms with E-state index >= 15 is 0 Å². The fraction of sp³-hybridized carbons (Fsp3) is 0.588. The van der Waals surface area contributed by atoms with Gasteiger partial charge in [-0.15, -0.1) is 0 Å². The second-order valence-corrected chi connectivity index (χ2v) is 8.92. The van der Waals surface area contributed by atoms with Gasteiger partial charge in [0.05, 0.1) is 5.39 Å². The van der Waals surface area contributed by atoms with Gasteiger partial charge < -0.3 is 14.6 Å². The average Bonchev–Trinajstić information content (AvgIpc) is 2.84. The summed E-state index contributed by atoms with van der Waals surface area (Å²) in [6.07, 6.45) is 7.05. The van der Waals surface area contributed by atoms with Gasteiger partial charge in [-0.05, 0) is 69.0 Å². The van der Waals surface area contributed by atoms with E-state index in [1.165, 1.54) is 6.33 Å². The molecule has 1 aliphatic rings. The second-order valence-electron chi connectivity index (χ2n) is 7.40. The lowest BCUT2D eigenvalue weighted by molar-refractivity contribution is 0.0488. The highest BCUT2D eigenvalue weighted by Crippen LogP contribution is 2.35. The largest absolute Gasteiger partial charge is 0.444 e. The van der Waals surface area contributed by atoms with Crippen LogP contribution < -0.4 is 5.32 Å². The predicted molar refractivity (Wildman–Crippen MR) is 106 cm³/mol. The van der Waals surface area contributed by atoms with Crippen molar-refractivity contribution in [2.75, 3.05) is 0 Å². The molecule has 2 aromatic rings. The minimum absolute atomic E-state index is 0.158. The number of nitrogens with zero attached hydrogens (tertiary/aromatic N) is 3. The Hall–Kier alpha value is -1.09. The van der Waals surface area contributed by atoms with Crippen molar-refractivity contribution in [1.29, 1.82) is 0 Å². The molecule has 0 atom stereocenters. The Morgan fingerprint density at radius 3 is 2.64 bits per heavy atom. The third-order valence-corrected chi connectivity index (χ3v) is 5.43. The standard InChI is InChI=1S/C17H22ClIN4O2/c1-17(2,3)25-16(24)22-10-4-6-11(7-5-10)23-8-12(19)13-14(18)20-9-21-15(13)23/h8-11H,4-7H2,1-3H3,(H,22,24)/t10-,11-. The van der Waals surface area contributed by atoms with Gasteiger partial charge in [0.1, 0.15) is 22.7 Å². The fourth-order valence-electron chi connectivity index (χ4n) is 3.26. The molecule has 2 heterocycles. The van der Waals surface area contributed by atoms with Gasteiger partial charge >= 0.3 is 6.09 Å². The molecule has 0 aromatic carbocycles. The quantitative estimate of drug-likeness (QED) is 0.504. The summed E-state index contributed by atoms with van der Waals surface area (Å²) in [7, 11) is 0. The van der Waals surface area contributed by atoms with Crippen molar-refractivity contribution in [3.8, 4) is 0 Å². The summed E-state index contributed by atoms with van der Waals surface area (Å²) in [5.74, 6) is 0. The van der Waals surface area contributed by atoms with Crippen LogP contribution in [0.4, 0.5) is 4.79 Å². The highest BCUT2D eigenvalue weighted by atomic mass is 127. The first-order chi connectivity index (χ1) is 11.7. The molecule has 136 valence electrons. The van der Waals surface area contributed by atoms with Crippen molar-refractivity contribution in [3.63, 3.8) is 0 Å². The van der Waals surface area contributed by atoms with Crippen LogP contribution in [0.5, 0.6) is 0 Å². The van der Waals surface area contributed by atoms with Gasteiger partial charge in [0.2, 0.25) is 0 Å². The van der Waals surface area contributed by atoms with E-state index in [1.807, 2.05) is 20.8 Å². The summed E-state index contributed by atoms with van der Waals surface area (Å²) in [4.78, 5) is 20.4. The van der Waals surface area contributed by atoms with Crippen LogP contribution in [-0.4, -0.2) is 32.3 Å². The van der Waals surface area contributed by atoms with Crippen LogP contribution in [0.15, 0.2) is 12.5 Å². The van der Waals surface area contributed by atoms with Crippen molar-refractivity contribution < 1.29 is 9.53 Å². The third kappa shape index (κ3) is 4.36. The molecule has 1 fully saturated rings. The number of alkyl carbamates (subject to hydrolysis) is 1. The molecule has 0 spiro atoms. The lowest BCUT2D eigenvalue weighted by atomic mass is 9.91. The highest BCUT2D eigenvalue weighted by Gasteiger charge is 2.27. The Morgan fingerprint density at radius 1 is 1.32 bits per heavy atom. The van der Waals surface area contributed by atoms with Gasteiger partial charge in [-0.3, -0.25) is 0 Å². The number of amides is 1. The predicted octanol–water partition coefficient (Wildman–Crippen LogP) is 4.70. The summed E-state index contributed by atoms with van der Waals surface area (Å²) in [6, 6.07) is 0.513. The molecule has 25 heavy (non-hydrogen) atoms. The number of hydrogen-bond acceptors (Lipinski definition) is 4. The van der Waals surface area contributed by atoms with E-state index in [0.29, 0.717) is 11.2 Å². The molecular formula is C17H22ClIN4O2. The third-order valence-electron chi connectivity index (χ3n) is 4.33. The molecule has 1 N–H and O–H groups in total. The number of nitrogens with one attached hydrogen (secondary N) is 1. The van der Waals surface area contributed by atoms with E-state index in [4.69, 9.17) is 16.3 Å². The summed E-state index contributed by atoms with van der Waals surface area (Å²) in [5, 5.41) is 4.39. The summed E-state index contributed by atoms with van der Waals surface area (Å²) in [6.45, 7) is 5.61. The van der Waals surface area contributed by atoms with E-state index in [-0.39, 0.29) is 12.1 Å². The van der Waals surface area contributed by atoms with Crippen LogP contribution in [0.1, 0.15) is 52.5 Å². The molecule has 0 bridgehead atoms. The number of ether oxygens (including phenoxy) is 1. The Morgan fingerprint density at radius 2 is 2.00 bits per heavy atom. The summed E-state index contributed by atoms with van der Waals surface area (Å²) < 4.78 is 8.60. The first kappa shape index (κ1) is 18.7. The average molecular weight is 477 g/mol. The molecule has 0 aliphatic heterocycles. The zero-order valence-electron chi connectivity index (χ0n) is 14.6. The van der Waals surface area contributed by atoms with Crippen LogP contribution in [0, 0.1) is 3.57 Å². The number of aromatic nitrogens is 3. The Labute approximate surface area is 165 Å². The molecular weight excluding hydrogens is 455 g/mol. The van der Waals surface area contributed by atoms with Gasteiger partial charge in [-0.1, -0.05) is 11.6 Å². The minimum atomic E-state index is -0.471. The topological polar surface area (TPSA) is 69.0 Å². The molecule has 1 aliphatic carbocycles. The maximum atomic E-state index is 11.9. The zero-order chi connectivity index (χ0) is 18.2. The summed E-state index contributed by atoms with van der Waals surface area (Å²) in [5.41, 5.74) is 0.411. The van der Waals surface area contributed by atoms with Gasteiger partial charge in [0, 0.05) is 21.9 Å². The zero-order valence-corrected chi connectivity index (χ0v) is 17.5. The SMILES string of the molecule is CC(C)(C)OC(=O)N[C@H]1CC[C@H](n2cc(I)c3c(Cl)ncnc32)CC1. The number of fused-ring (bicyclic) bond motifs is 1. The molecule has 0 radical (unpaired) electrons. The van der Waals surface area contributed by atoms with Crippen molar-refractivity contribution in [2.45, 2.75) is 64.1 Å². The smallest absolute Gasteiger partial charge is 0.407 e. The van der Waals surface area contributed by atoms with Crippen molar-refractivity contribution in [3.05, 3.63) is 21.2 Å². The monoisotopic (exact) mass is 476 g/mol. The van der Waals surface area contributed by atoms with Gasteiger partial charge in [-0.25, -0.2) is 14.8 Å². The molecule has 1 saturated carbocycles. The molecule has 8 heteroatoms. The van der Waals surface area contributed by atoms with E-state index in [9.17, 15) is 4.79 Å². The van der Waals surface area contributed by atoms with E-state index in [2.05, 4.69) is 48.6 Å². The van der Waals surface area contributed by atoms with Crippen LogP contribution in [0.2, 0.25) is 5.15 Å². The first-order valence-corrected chi connectivity index (χ1v) is 9.86. The number of halogens is 2. The van der Waals surface area contributed by atoms with Crippen LogP contribution in [0.3, 0.4) is 0 Å². The molecule has 2 aromatic heterocycles. The molecule has 6 nitrogen and oxygen atoms in total. The lowest BCUT2D eigenvalue weighted by Gasteiger charge is -2.31. The van der Waals surface area contributed by atoms with Gasteiger partial charge in [0.25, 0.3) is 0 Å². The Balaban J connectivity index is 1.65.